The van der Waals surface area contributed by atoms with E-state index >= 15 is 0 Å². The van der Waals surface area contributed by atoms with Crippen LogP contribution in [0.4, 0.5) is 0 Å². The third kappa shape index (κ3) is 6.28. The molecule has 0 radical (unpaired) electrons. The van der Waals surface area contributed by atoms with Crippen LogP contribution in [0.2, 0.25) is 0 Å². The van der Waals surface area contributed by atoms with Crippen LogP contribution in [0.5, 0.6) is 0 Å². The van der Waals surface area contributed by atoms with E-state index in [-0.39, 0.29) is 0 Å². The summed E-state index contributed by atoms with van der Waals surface area (Å²) in [5.41, 5.74) is 0. The van der Waals surface area contributed by atoms with Gasteiger partial charge in [-0.3, -0.25) is 5.09 Å². The molecule has 4 nitrogen and oxygen atoms in total. The number of hydrogen-bond acceptors (Lipinski definition) is 4. The minimum atomic E-state index is -2.71. The Morgan fingerprint density at radius 2 is 0.773 bits per heavy atom. The lowest BCUT2D eigenvalue weighted by Crippen LogP contribution is -2.26. The molecule has 1 N–H and O–H groups in total. The van der Waals surface area contributed by atoms with Crippen molar-refractivity contribution in [3.63, 3.8) is 0 Å². The summed E-state index contributed by atoms with van der Waals surface area (Å²) in [5.74, 6) is 0. The molecule has 0 saturated carbocycles. The Bertz CT molecular complexity index is 1640. The zero-order valence-corrected chi connectivity index (χ0v) is 28.0. The van der Waals surface area contributed by atoms with Gasteiger partial charge in [-0.1, -0.05) is 184 Å². The van der Waals surface area contributed by atoms with Crippen molar-refractivity contribution in [1.82, 2.24) is 5.09 Å². The van der Waals surface area contributed by atoms with Crippen LogP contribution in [-0.2, 0) is 0 Å². The molecule has 5 aromatic carbocycles. The predicted octanol–water partition coefficient (Wildman–Crippen LogP) is 9.45. The van der Waals surface area contributed by atoms with Crippen molar-refractivity contribution in [2.45, 2.75) is 39.0 Å². The highest BCUT2D eigenvalue weighted by Gasteiger charge is 2.41. The summed E-state index contributed by atoms with van der Waals surface area (Å²) < 4.78 is 18.2. The van der Waals surface area contributed by atoms with E-state index in [9.17, 15) is 0 Å². The van der Waals surface area contributed by atoms with Crippen molar-refractivity contribution in [3.8, 4) is 0 Å². The van der Waals surface area contributed by atoms with Crippen LogP contribution >= 0.6 is 21.8 Å². The van der Waals surface area contributed by atoms with E-state index in [1.807, 2.05) is 0 Å². The summed E-state index contributed by atoms with van der Waals surface area (Å²) in [4.78, 5) is 0. The minimum absolute atomic E-state index is 0.868. The Hall–Kier alpha value is -3.25. The molecule has 1 unspecified atom stereocenters. The fraction of sp³-hybridized carbons (Fsp3) is 0.189. The lowest BCUT2D eigenvalue weighted by molar-refractivity contribution is 0.628. The van der Waals surface area contributed by atoms with Crippen molar-refractivity contribution in [2.24, 2.45) is 13.5 Å². The molecule has 0 aromatic heterocycles. The molecule has 224 valence electrons. The predicted molar refractivity (Wildman–Crippen MR) is 195 cm³/mol. The molecule has 0 fully saturated rings. The van der Waals surface area contributed by atoms with Crippen molar-refractivity contribution < 1.29 is 0 Å². The first-order valence-electron chi connectivity index (χ1n) is 15.7. The lowest BCUT2D eigenvalue weighted by atomic mass is 10.2. The molecular weight excluding hydrogens is 593 g/mol. The second kappa shape index (κ2) is 14.2. The smallest absolute Gasteiger partial charge is 0.173 e. The molecule has 0 saturated heterocycles. The first-order chi connectivity index (χ1) is 21.7. The highest BCUT2D eigenvalue weighted by Crippen LogP contribution is 2.75. The largest absolute Gasteiger partial charge is 0.262 e. The first-order valence-corrected chi connectivity index (χ1v) is 20.7. The van der Waals surface area contributed by atoms with E-state index < -0.39 is 21.8 Å². The molecule has 1 aliphatic heterocycles. The van der Waals surface area contributed by atoms with Gasteiger partial charge in [0.1, 0.15) is 14.4 Å². The monoisotopic (exact) mass is 634 g/mol. The van der Waals surface area contributed by atoms with E-state index in [0.717, 1.165) is 18.3 Å². The highest BCUT2D eigenvalue weighted by molar-refractivity contribution is 7.98. The van der Waals surface area contributed by atoms with E-state index in [0.29, 0.717) is 0 Å². The molecule has 0 bridgehead atoms. The average Bonchev–Trinajstić information content (AvgIpc) is 3.11. The maximum Gasteiger partial charge on any atom is 0.173 e. The number of nitrogens with zero attached hydrogens (tertiary/aromatic N) is 3. The summed E-state index contributed by atoms with van der Waals surface area (Å²) in [7, 11) is -8.11. The zero-order chi connectivity index (χ0) is 30.1. The van der Waals surface area contributed by atoms with Gasteiger partial charge in [-0.15, -0.1) is 0 Å². The van der Waals surface area contributed by atoms with Gasteiger partial charge < -0.3 is 0 Å². The average molecular weight is 635 g/mol. The molecule has 1 atom stereocenters. The molecule has 1 aliphatic rings. The maximum absolute atomic E-state index is 6.09. The van der Waals surface area contributed by atoms with Gasteiger partial charge in [0.15, 0.2) is 7.36 Å². The zero-order valence-electron chi connectivity index (χ0n) is 25.4. The van der Waals surface area contributed by atoms with Gasteiger partial charge in [0.05, 0.1) is 0 Å². The molecule has 0 amide bonds. The Labute approximate surface area is 263 Å². The van der Waals surface area contributed by atoms with Crippen LogP contribution in [0.15, 0.2) is 165 Å². The molecule has 0 spiro atoms. The summed E-state index contributed by atoms with van der Waals surface area (Å²) in [6.45, 7) is 3.14. The number of rotatable bonds is 12. The number of benzene rings is 5. The Kier molecular flexibility index (Phi) is 9.95. The lowest BCUT2D eigenvalue weighted by Gasteiger charge is -2.38. The van der Waals surface area contributed by atoms with Crippen LogP contribution in [0.25, 0.3) is 0 Å². The summed E-state index contributed by atoms with van der Waals surface area (Å²) >= 11 is 0. The highest BCUT2D eigenvalue weighted by atomic mass is 31.3. The fourth-order valence-electron chi connectivity index (χ4n) is 5.73. The van der Waals surface area contributed by atoms with Crippen LogP contribution in [-0.4, -0.2) is 6.54 Å². The molecule has 0 aliphatic carbocycles. The van der Waals surface area contributed by atoms with Gasteiger partial charge in [0.25, 0.3) is 0 Å². The fourth-order valence-corrected chi connectivity index (χ4v) is 20.4. The maximum atomic E-state index is 6.09. The van der Waals surface area contributed by atoms with E-state index in [2.05, 4.69) is 164 Å². The SMILES string of the molecule is CCCCCCCNP1(c2ccccc2)=NP(c2ccccc2)(c2ccccc2)=NP(c2ccccc2)(c2ccccc2)=N1. The number of nitrogens with one attached hydrogen (secondary N) is 1. The molecule has 1 heterocycles. The van der Waals surface area contributed by atoms with Crippen LogP contribution in [0.1, 0.15) is 39.0 Å². The topological polar surface area (TPSA) is 49.1 Å². The van der Waals surface area contributed by atoms with Crippen molar-refractivity contribution in [1.29, 1.82) is 0 Å². The van der Waals surface area contributed by atoms with Crippen molar-refractivity contribution in [2.75, 3.05) is 6.54 Å². The van der Waals surface area contributed by atoms with E-state index in [1.165, 1.54) is 46.9 Å². The standard InChI is InChI=1S/C37H41N4P3/c1-2-3-4-5-21-32-38-44(37-30-19-10-20-31-37)40-42(33-22-11-6-12-23-33,34-24-13-7-14-25-34)39-43(41-44,35-26-15-8-16-27-35)36-28-17-9-18-29-36/h6-20,22-31,38H,2-5,21,32H2,1H3. The van der Waals surface area contributed by atoms with Gasteiger partial charge >= 0.3 is 0 Å². The molecule has 6 rings (SSSR count). The van der Waals surface area contributed by atoms with Gasteiger partial charge in [0.2, 0.25) is 0 Å². The van der Waals surface area contributed by atoms with Crippen LogP contribution < -0.4 is 31.6 Å². The summed E-state index contributed by atoms with van der Waals surface area (Å²) in [6, 6.07) is 54.0. The van der Waals surface area contributed by atoms with Crippen molar-refractivity contribution >= 4 is 48.3 Å². The van der Waals surface area contributed by atoms with Gasteiger partial charge in [-0.05, 0) is 6.42 Å². The normalized spacial score (nSPS) is 18.4. The third-order valence-corrected chi connectivity index (χ3v) is 19.9. The minimum Gasteiger partial charge on any atom is -0.262 e. The Morgan fingerprint density at radius 1 is 0.409 bits per heavy atom. The third-order valence-electron chi connectivity index (χ3n) is 7.97. The molecule has 7 heteroatoms. The second-order valence-electron chi connectivity index (χ2n) is 11.1. The molecular formula is C37H41N4P3. The number of hydrogen-bond donors (Lipinski definition) is 1. The van der Waals surface area contributed by atoms with Gasteiger partial charge in [-0.2, -0.15) is 0 Å². The second-order valence-corrected chi connectivity index (χ2v) is 19.7. The quantitative estimate of drug-likeness (QED) is 0.108. The van der Waals surface area contributed by atoms with E-state index in [1.54, 1.807) is 0 Å². The Morgan fingerprint density at radius 3 is 1.18 bits per heavy atom. The Balaban J connectivity index is 1.75. The van der Waals surface area contributed by atoms with Crippen LogP contribution in [0, 0.1) is 0 Å². The molecule has 5 aromatic rings. The summed E-state index contributed by atoms with van der Waals surface area (Å²) in [5, 5.41) is 9.93. The van der Waals surface area contributed by atoms with Gasteiger partial charge in [0, 0.05) is 33.1 Å². The molecule has 44 heavy (non-hydrogen) atoms. The van der Waals surface area contributed by atoms with Crippen molar-refractivity contribution in [3.05, 3.63) is 152 Å². The van der Waals surface area contributed by atoms with E-state index in [4.69, 9.17) is 13.5 Å². The van der Waals surface area contributed by atoms with Crippen LogP contribution in [0.3, 0.4) is 0 Å². The summed E-state index contributed by atoms with van der Waals surface area (Å²) in [6.07, 6.45) is 6.08. The van der Waals surface area contributed by atoms with Gasteiger partial charge in [-0.25, -0.2) is 13.5 Å². The number of unbranched alkanes of at least 4 members (excludes halogenated alkanes) is 4. The first kappa shape index (κ1) is 30.8.